The van der Waals surface area contributed by atoms with Gasteiger partial charge in [-0.05, 0) is 0 Å². The van der Waals surface area contributed by atoms with Gasteiger partial charge < -0.3 is 0 Å². The summed E-state index contributed by atoms with van der Waals surface area (Å²) in [5, 5.41) is 21.2. The molecule has 1 radical (unpaired) electrons. The molecule has 0 aliphatic carbocycles. The van der Waals surface area contributed by atoms with Crippen LogP contribution in [0, 0.1) is 0 Å². The second kappa shape index (κ2) is 5.94. The molecule has 6 nitrogen and oxygen atoms in total. The maximum atomic E-state index is 12.2. The number of hydrogen-bond donors (Lipinski definition) is 2. The van der Waals surface area contributed by atoms with Crippen molar-refractivity contribution >= 4 is 47.7 Å². The molecule has 0 fully saturated rings. The number of nitrogens with zero attached hydrogens (tertiary/aromatic N) is 1. The zero-order valence-corrected chi connectivity index (χ0v) is 13.7. The first-order valence-electron chi connectivity index (χ1n) is 6.15. The first-order chi connectivity index (χ1) is 10.6. The van der Waals surface area contributed by atoms with Crippen molar-refractivity contribution in [3.05, 3.63) is 35.5 Å². The Bertz CT molecular complexity index is 856. The molecule has 0 saturated carbocycles. The van der Waals surface area contributed by atoms with Crippen molar-refractivity contribution in [1.29, 1.82) is 0 Å². The van der Waals surface area contributed by atoms with Crippen LogP contribution in [0.1, 0.15) is 10.5 Å². The number of thiophene rings is 1. The number of aromatic hydroxyl groups is 1. The average molecular weight is 378 g/mol. The summed E-state index contributed by atoms with van der Waals surface area (Å²) in [7, 11) is 0. The molecular weight excluding hydrogens is 369 g/mol. The van der Waals surface area contributed by atoms with Gasteiger partial charge >= 0.3 is 135 Å². The number of fused-ring (bicyclic) bond motifs is 1. The zero-order valence-electron chi connectivity index (χ0n) is 11.0. The molecule has 0 aliphatic heterocycles. The van der Waals surface area contributed by atoms with E-state index in [1.165, 1.54) is 17.6 Å². The second-order valence-electron chi connectivity index (χ2n) is 4.31. The van der Waals surface area contributed by atoms with Crippen LogP contribution in [0.5, 0.6) is 5.75 Å². The number of pyridine rings is 1. The molecule has 3 heterocycles. The predicted molar refractivity (Wildman–Crippen MR) is 81.5 cm³/mol. The summed E-state index contributed by atoms with van der Waals surface area (Å²) in [4.78, 5) is 27.0. The Morgan fingerprint density at radius 2 is 2.18 bits per heavy atom. The van der Waals surface area contributed by atoms with E-state index >= 15 is 0 Å². The van der Waals surface area contributed by atoms with Crippen molar-refractivity contribution in [1.82, 2.24) is 4.98 Å². The van der Waals surface area contributed by atoms with Crippen molar-refractivity contribution in [2.24, 2.45) is 0 Å². The Balaban J connectivity index is 2.13. The zero-order chi connectivity index (χ0) is 15.7. The molecule has 22 heavy (non-hydrogen) atoms. The molecular formula is C14H9AsNO5S. The van der Waals surface area contributed by atoms with E-state index in [4.69, 9.17) is 9.52 Å². The van der Waals surface area contributed by atoms with Crippen LogP contribution in [0.3, 0.4) is 0 Å². The van der Waals surface area contributed by atoms with Crippen molar-refractivity contribution in [2.75, 3.05) is 0 Å². The third-order valence-electron chi connectivity index (χ3n) is 2.90. The SMILES string of the molecule is O=C(O)C[As]C(=O)c1nc(-c2ccco2)c2ccsc2c1O. The molecule has 3 aromatic rings. The Labute approximate surface area is 135 Å². The number of aliphatic carboxylic acids is 1. The molecule has 8 heteroatoms. The quantitative estimate of drug-likeness (QED) is 0.662. The minimum absolute atomic E-state index is 0.0809. The fourth-order valence-electron chi connectivity index (χ4n) is 1.98. The van der Waals surface area contributed by atoms with Gasteiger partial charge in [0.1, 0.15) is 0 Å². The number of carboxylic acids is 1. The fourth-order valence-corrected chi connectivity index (χ4v) is 4.04. The van der Waals surface area contributed by atoms with E-state index in [0.29, 0.717) is 21.5 Å². The Morgan fingerprint density at radius 1 is 1.36 bits per heavy atom. The van der Waals surface area contributed by atoms with Gasteiger partial charge in [0.2, 0.25) is 0 Å². The molecule has 0 aromatic carbocycles. The van der Waals surface area contributed by atoms with Gasteiger partial charge in [0.25, 0.3) is 0 Å². The van der Waals surface area contributed by atoms with Crippen LogP contribution in [0.4, 0.5) is 0 Å². The molecule has 0 atom stereocenters. The fraction of sp³-hybridized carbons (Fsp3) is 0.0714. The van der Waals surface area contributed by atoms with Crippen LogP contribution in [0.25, 0.3) is 21.5 Å². The molecule has 0 bridgehead atoms. The van der Waals surface area contributed by atoms with Crippen molar-refractivity contribution in [3.63, 3.8) is 0 Å². The number of carboxylic acid groups (broad SMARTS) is 1. The van der Waals surface area contributed by atoms with E-state index in [-0.39, 0.29) is 16.7 Å². The van der Waals surface area contributed by atoms with Gasteiger partial charge in [0.15, 0.2) is 0 Å². The molecule has 111 valence electrons. The van der Waals surface area contributed by atoms with E-state index in [1.54, 1.807) is 23.6 Å². The summed E-state index contributed by atoms with van der Waals surface area (Å²) in [6.45, 7) is 0. The Morgan fingerprint density at radius 3 is 2.86 bits per heavy atom. The predicted octanol–water partition coefficient (Wildman–Crippen LogP) is 2.61. The summed E-state index contributed by atoms with van der Waals surface area (Å²) >= 11 is 0.174. The summed E-state index contributed by atoms with van der Waals surface area (Å²) < 4.78 is 5.46. The van der Waals surface area contributed by atoms with Crippen LogP contribution in [0.2, 0.25) is 5.21 Å². The molecule has 2 N–H and O–H groups in total. The molecule has 3 rings (SSSR count). The Hall–Kier alpha value is -2.11. The summed E-state index contributed by atoms with van der Waals surface area (Å²) in [6, 6.07) is 5.22. The third-order valence-corrected chi connectivity index (χ3v) is 5.77. The topological polar surface area (TPSA) is 101 Å². The number of rotatable bonds is 5. The standard InChI is InChI=1S/C14H9AsNO5S/c17-9(18)6-15-14(20)11-12(19)13-7(3-5-22-13)10(16-11)8-2-1-4-21-8/h1-5,19H,6H2,(H,17,18). The van der Waals surface area contributed by atoms with E-state index in [0.717, 1.165) is 0 Å². The molecule has 0 amide bonds. The van der Waals surface area contributed by atoms with E-state index < -0.39 is 26.3 Å². The van der Waals surface area contributed by atoms with Gasteiger partial charge in [0.05, 0.1) is 0 Å². The molecule has 0 spiro atoms. The number of hydrogen-bond acceptors (Lipinski definition) is 6. The van der Waals surface area contributed by atoms with Gasteiger partial charge in [-0.2, -0.15) is 0 Å². The summed E-state index contributed by atoms with van der Waals surface area (Å²) in [5.74, 6) is -0.728. The van der Waals surface area contributed by atoms with Crippen LogP contribution >= 0.6 is 11.3 Å². The average Bonchev–Trinajstić information content (AvgIpc) is 3.16. The van der Waals surface area contributed by atoms with Crippen molar-refractivity contribution < 1.29 is 24.2 Å². The second-order valence-corrected chi connectivity index (χ2v) is 7.41. The summed E-state index contributed by atoms with van der Waals surface area (Å²) in [6.07, 6.45) is 1.50. The number of furan rings is 1. The van der Waals surface area contributed by atoms with E-state index in [2.05, 4.69) is 4.98 Å². The normalized spacial score (nSPS) is 11.5. The van der Waals surface area contributed by atoms with Gasteiger partial charge in [-0.15, -0.1) is 0 Å². The first-order valence-corrected chi connectivity index (χ1v) is 9.30. The van der Waals surface area contributed by atoms with Gasteiger partial charge in [-0.25, -0.2) is 0 Å². The Kier molecular flexibility index (Phi) is 4.00. The maximum absolute atomic E-state index is 12.2. The molecule has 0 saturated heterocycles. The van der Waals surface area contributed by atoms with Crippen LogP contribution < -0.4 is 0 Å². The number of carbonyl (C=O) groups is 2. The molecule has 3 aromatic heterocycles. The first kappa shape index (κ1) is 14.8. The molecule has 0 aliphatic rings. The van der Waals surface area contributed by atoms with Crippen molar-refractivity contribution in [2.45, 2.75) is 5.21 Å². The monoisotopic (exact) mass is 378 g/mol. The van der Waals surface area contributed by atoms with Crippen LogP contribution in [-0.4, -0.2) is 41.5 Å². The van der Waals surface area contributed by atoms with Crippen LogP contribution in [0.15, 0.2) is 34.3 Å². The van der Waals surface area contributed by atoms with E-state index in [9.17, 15) is 14.7 Å². The van der Waals surface area contributed by atoms with Gasteiger partial charge in [-0.3, -0.25) is 0 Å². The number of carbonyl (C=O) groups excluding carboxylic acids is 1. The van der Waals surface area contributed by atoms with Gasteiger partial charge in [-0.1, -0.05) is 0 Å². The van der Waals surface area contributed by atoms with Crippen LogP contribution in [-0.2, 0) is 4.79 Å². The van der Waals surface area contributed by atoms with E-state index in [1.807, 2.05) is 0 Å². The number of aromatic nitrogens is 1. The summed E-state index contributed by atoms with van der Waals surface area (Å²) in [5.41, 5.74) is 0.390. The van der Waals surface area contributed by atoms with Crippen molar-refractivity contribution in [3.8, 4) is 17.2 Å². The minimum atomic E-state index is -1.12. The molecule has 0 unspecified atom stereocenters. The van der Waals surface area contributed by atoms with Gasteiger partial charge in [0, 0.05) is 0 Å². The third kappa shape index (κ3) is 2.65.